The Balaban J connectivity index is 2.32. The summed E-state index contributed by atoms with van der Waals surface area (Å²) in [5.74, 6) is 0. The molecule has 16 heavy (non-hydrogen) atoms. The molecule has 1 N–H and O–H groups in total. The van der Waals surface area contributed by atoms with Crippen LogP contribution in [0.5, 0.6) is 0 Å². The zero-order chi connectivity index (χ0) is 12.0. The molecule has 1 fully saturated rings. The highest BCUT2D eigenvalue weighted by Gasteiger charge is 2.25. The van der Waals surface area contributed by atoms with Crippen molar-refractivity contribution in [2.45, 2.75) is 51.7 Å². The van der Waals surface area contributed by atoms with Gasteiger partial charge in [0.15, 0.2) is 0 Å². The van der Waals surface area contributed by atoms with Crippen LogP contribution in [0.3, 0.4) is 0 Å². The predicted molar refractivity (Wildman–Crippen MR) is 68.8 cm³/mol. The molecule has 0 radical (unpaired) electrons. The normalized spacial score (nSPS) is 23.6. The molecule has 1 atom stereocenters. The van der Waals surface area contributed by atoms with Crippen LogP contribution in [0.4, 0.5) is 0 Å². The van der Waals surface area contributed by atoms with Crippen LogP contribution in [-0.4, -0.2) is 49.8 Å². The number of ether oxygens (including phenoxy) is 1. The first-order valence-electron chi connectivity index (χ1n) is 6.58. The molecule has 1 rings (SSSR count). The number of hydrogen-bond acceptors (Lipinski definition) is 3. The molecule has 96 valence electrons. The fourth-order valence-electron chi connectivity index (χ4n) is 2.32. The van der Waals surface area contributed by atoms with Crippen LogP contribution >= 0.6 is 0 Å². The molecule has 0 bridgehead atoms. The van der Waals surface area contributed by atoms with Crippen LogP contribution in [0, 0.1) is 0 Å². The van der Waals surface area contributed by atoms with Gasteiger partial charge in [-0.15, -0.1) is 0 Å². The molecule has 1 aliphatic rings. The van der Waals surface area contributed by atoms with Gasteiger partial charge in [0.1, 0.15) is 0 Å². The van der Waals surface area contributed by atoms with Gasteiger partial charge in [-0.1, -0.05) is 6.92 Å². The maximum atomic E-state index is 5.49. The van der Waals surface area contributed by atoms with E-state index >= 15 is 0 Å². The minimum absolute atomic E-state index is 0.0212. The number of methoxy groups -OCH3 is 1. The van der Waals surface area contributed by atoms with Gasteiger partial charge in [0.25, 0.3) is 0 Å². The Hall–Kier alpha value is -0.120. The van der Waals surface area contributed by atoms with Crippen molar-refractivity contribution in [3.05, 3.63) is 0 Å². The van der Waals surface area contributed by atoms with Crippen LogP contribution in [0.25, 0.3) is 0 Å². The van der Waals surface area contributed by atoms with Crippen molar-refractivity contribution in [3.63, 3.8) is 0 Å². The van der Waals surface area contributed by atoms with Crippen LogP contribution in [-0.2, 0) is 4.74 Å². The molecule has 0 aromatic rings. The molecule has 0 amide bonds. The van der Waals surface area contributed by atoms with Crippen molar-refractivity contribution in [1.82, 2.24) is 10.2 Å². The number of nitrogens with one attached hydrogen (secondary N) is 1. The molecule has 0 aromatic heterocycles. The quantitative estimate of drug-likeness (QED) is 0.751. The number of piperidine rings is 1. The third-order valence-electron chi connectivity index (χ3n) is 3.35. The highest BCUT2D eigenvalue weighted by atomic mass is 16.5. The smallest absolute Gasteiger partial charge is 0.0749 e. The van der Waals surface area contributed by atoms with Gasteiger partial charge < -0.3 is 10.1 Å². The van der Waals surface area contributed by atoms with E-state index in [2.05, 4.69) is 31.0 Å². The SMILES string of the molecule is CCCNC1CCCN(CC(C)(C)OC)C1. The number of nitrogens with zero attached hydrogens (tertiary/aromatic N) is 1. The lowest BCUT2D eigenvalue weighted by Gasteiger charge is -2.37. The second-order valence-corrected chi connectivity index (χ2v) is 5.49. The lowest BCUT2D eigenvalue weighted by atomic mass is 10.0. The Morgan fingerprint density at radius 2 is 2.19 bits per heavy atom. The second-order valence-electron chi connectivity index (χ2n) is 5.49. The summed E-state index contributed by atoms with van der Waals surface area (Å²) in [5.41, 5.74) is -0.0212. The fourth-order valence-corrected chi connectivity index (χ4v) is 2.32. The van der Waals surface area contributed by atoms with E-state index in [1.54, 1.807) is 7.11 Å². The molecule has 1 saturated heterocycles. The molecule has 0 aliphatic carbocycles. The fraction of sp³-hybridized carbons (Fsp3) is 1.00. The number of hydrogen-bond donors (Lipinski definition) is 1. The monoisotopic (exact) mass is 228 g/mol. The van der Waals surface area contributed by atoms with Gasteiger partial charge in [-0.3, -0.25) is 4.90 Å². The summed E-state index contributed by atoms with van der Waals surface area (Å²) in [6.07, 6.45) is 3.85. The Kier molecular flexibility index (Phi) is 5.73. The first kappa shape index (κ1) is 13.9. The highest BCUT2D eigenvalue weighted by Crippen LogP contribution is 2.15. The van der Waals surface area contributed by atoms with Gasteiger partial charge in [0.2, 0.25) is 0 Å². The standard InChI is InChI=1S/C13H28N2O/c1-5-8-14-12-7-6-9-15(10-12)11-13(2,3)16-4/h12,14H,5-11H2,1-4H3. The van der Waals surface area contributed by atoms with Gasteiger partial charge >= 0.3 is 0 Å². The molecule has 1 unspecified atom stereocenters. The van der Waals surface area contributed by atoms with Crippen LogP contribution in [0.15, 0.2) is 0 Å². The number of rotatable bonds is 6. The first-order valence-corrected chi connectivity index (χ1v) is 6.58. The summed E-state index contributed by atoms with van der Waals surface area (Å²) >= 11 is 0. The molecule has 1 aliphatic heterocycles. The lowest BCUT2D eigenvalue weighted by molar-refractivity contribution is -0.0141. The van der Waals surface area contributed by atoms with E-state index in [9.17, 15) is 0 Å². The van der Waals surface area contributed by atoms with Gasteiger partial charge in [-0.2, -0.15) is 0 Å². The minimum Gasteiger partial charge on any atom is -0.377 e. The van der Waals surface area contributed by atoms with E-state index in [1.165, 1.54) is 32.4 Å². The third-order valence-corrected chi connectivity index (χ3v) is 3.35. The van der Waals surface area contributed by atoms with Crippen molar-refractivity contribution >= 4 is 0 Å². The van der Waals surface area contributed by atoms with Gasteiger partial charge in [-0.25, -0.2) is 0 Å². The summed E-state index contributed by atoms with van der Waals surface area (Å²) in [4.78, 5) is 2.53. The predicted octanol–water partition coefficient (Wildman–Crippen LogP) is 1.88. The van der Waals surface area contributed by atoms with E-state index in [4.69, 9.17) is 4.74 Å². The van der Waals surface area contributed by atoms with E-state index in [-0.39, 0.29) is 5.60 Å². The average Bonchev–Trinajstić information content (AvgIpc) is 2.26. The van der Waals surface area contributed by atoms with Crippen molar-refractivity contribution in [3.8, 4) is 0 Å². The van der Waals surface area contributed by atoms with E-state index < -0.39 is 0 Å². The topological polar surface area (TPSA) is 24.5 Å². The van der Waals surface area contributed by atoms with Crippen LogP contribution in [0.1, 0.15) is 40.0 Å². The van der Waals surface area contributed by atoms with Gasteiger partial charge in [0, 0.05) is 26.2 Å². The highest BCUT2D eigenvalue weighted by molar-refractivity contribution is 4.82. The van der Waals surface area contributed by atoms with Crippen molar-refractivity contribution < 1.29 is 4.74 Å². The maximum Gasteiger partial charge on any atom is 0.0749 e. The first-order chi connectivity index (χ1) is 7.57. The molecule has 0 aromatic carbocycles. The Morgan fingerprint density at radius 1 is 1.44 bits per heavy atom. The minimum atomic E-state index is -0.0212. The van der Waals surface area contributed by atoms with E-state index in [0.29, 0.717) is 6.04 Å². The van der Waals surface area contributed by atoms with Crippen LogP contribution < -0.4 is 5.32 Å². The molecule has 0 saturated carbocycles. The zero-order valence-electron chi connectivity index (χ0n) is 11.4. The maximum absolute atomic E-state index is 5.49. The second kappa shape index (κ2) is 6.58. The Labute approximate surface area is 101 Å². The summed E-state index contributed by atoms with van der Waals surface area (Å²) < 4.78 is 5.49. The van der Waals surface area contributed by atoms with Crippen molar-refractivity contribution in [2.24, 2.45) is 0 Å². The van der Waals surface area contributed by atoms with Crippen LogP contribution in [0.2, 0.25) is 0 Å². The van der Waals surface area contributed by atoms with Gasteiger partial charge in [0.05, 0.1) is 5.60 Å². The summed E-state index contributed by atoms with van der Waals surface area (Å²) in [5, 5.41) is 3.62. The Bertz CT molecular complexity index is 194. The molecule has 1 heterocycles. The van der Waals surface area contributed by atoms with E-state index in [0.717, 1.165) is 13.1 Å². The summed E-state index contributed by atoms with van der Waals surface area (Å²) in [7, 11) is 1.80. The van der Waals surface area contributed by atoms with E-state index in [1.807, 2.05) is 0 Å². The Morgan fingerprint density at radius 3 is 2.81 bits per heavy atom. The van der Waals surface area contributed by atoms with Crippen molar-refractivity contribution in [2.75, 3.05) is 33.3 Å². The average molecular weight is 228 g/mol. The third kappa shape index (κ3) is 4.81. The molecular formula is C13H28N2O. The summed E-state index contributed by atoms with van der Waals surface area (Å²) in [6.45, 7) is 11.1. The molecule has 3 heteroatoms. The summed E-state index contributed by atoms with van der Waals surface area (Å²) in [6, 6.07) is 0.682. The number of likely N-dealkylation sites (tertiary alicyclic amines) is 1. The largest absolute Gasteiger partial charge is 0.377 e. The van der Waals surface area contributed by atoms with Crippen molar-refractivity contribution in [1.29, 1.82) is 0 Å². The lowest BCUT2D eigenvalue weighted by Crippen LogP contribution is -2.50. The molecule has 0 spiro atoms. The van der Waals surface area contributed by atoms with Gasteiger partial charge in [-0.05, 0) is 46.2 Å². The zero-order valence-corrected chi connectivity index (χ0v) is 11.4. The molecular weight excluding hydrogens is 200 g/mol. The molecule has 3 nitrogen and oxygen atoms in total.